The Balaban J connectivity index is 2.12. The number of rotatable bonds is 5. The lowest BCUT2D eigenvalue weighted by molar-refractivity contribution is -0.121. The predicted molar refractivity (Wildman–Crippen MR) is 77.8 cm³/mol. The molecule has 0 saturated heterocycles. The fraction of sp³-hybridized carbons (Fsp3) is 0.533. The molecular formula is C15H23N3O. The summed E-state index contributed by atoms with van der Waals surface area (Å²) in [5, 5.41) is 2.99. The Morgan fingerprint density at radius 3 is 2.63 bits per heavy atom. The average Bonchev–Trinajstić information content (AvgIpc) is 3.15. The number of benzene rings is 1. The number of nitrogens with one attached hydrogen (secondary N) is 1. The number of para-hydroxylation sites is 1. The molecule has 1 aromatic carbocycles. The van der Waals surface area contributed by atoms with Crippen molar-refractivity contribution >= 4 is 11.6 Å². The van der Waals surface area contributed by atoms with Gasteiger partial charge in [-0.3, -0.25) is 4.79 Å². The monoisotopic (exact) mass is 261 g/mol. The highest BCUT2D eigenvalue weighted by molar-refractivity contribution is 5.98. The molecule has 0 aliphatic heterocycles. The van der Waals surface area contributed by atoms with Gasteiger partial charge in [0.15, 0.2) is 0 Å². The van der Waals surface area contributed by atoms with Crippen LogP contribution in [0.4, 0.5) is 5.69 Å². The van der Waals surface area contributed by atoms with Gasteiger partial charge in [-0.15, -0.1) is 0 Å². The van der Waals surface area contributed by atoms with Crippen LogP contribution in [-0.4, -0.2) is 30.4 Å². The third-order valence-corrected chi connectivity index (χ3v) is 3.67. The summed E-state index contributed by atoms with van der Waals surface area (Å²) in [4.78, 5) is 14.4. The van der Waals surface area contributed by atoms with Crippen molar-refractivity contribution in [1.29, 1.82) is 0 Å². The molecule has 4 heteroatoms. The number of anilines is 1. The highest BCUT2D eigenvalue weighted by Gasteiger charge is 2.44. The molecule has 0 radical (unpaired) electrons. The third kappa shape index (κ3) is 3.33. The maximum Gasteiger partial charge on any atom is 0.244 e. The number of amides is 1. The van der Waals surface area contributed by atoms with Crippen LogP contribution in [-0.2, 0) is 11.3 Å². The smallest absolute Gasteiger partial charge is 0.244 e. The van der Waals surface area contributed by atoms with Gasteiger partial charge >= 0.3 is 0 Å². The van der Waals surface area contributed by atoms with Crippen molar-refractivity contribution in [2.75, 3.05) is 19.4 Å². The lowest BCUT2D eigenvalue weighted by Crippen LogP contribution is -2.50. The summed E-state index contributed by atoms with van der Waals surface area (Å²) >= 11 is 0. The standard InChI is InChI=1S/C15H23N3O/c1-15(16,12-8-9-12)14(19)17-13-7-5-4-6-11(13)10-18(2)3/h4-7,12H,8-10,16H2,1-3H3,(H,17,19). The van der Waals surface area contributed by atoms with Crippen LogP contribution in [0.2, 0.25) is 0 Å². The van der Waals surface area contributed by atoms with Gasteiger partial charge in [0.25, 0.3) is 0 Å². The van der Waals surface area contributed by atoms with E-state index in [1.54, 1.807) is 0 Å². The first-order valence-corrected chi connectivity index (χ1v) is 6.74. The minimum Gasteiger partial charge on any atom is -0.324 e. The van der Waals surface area contributed by atoms with Gasteiger partial charge in [0, 0.05) is 12.2 Å². The van der Waals surface area contributed by atoms with E-state index in [9.17, 15) is 4.79 Å². The van der Waals surface area contributed by atoms with Crippen molar-refractivity contribution in [1.82, 2.24) is 4.90 Å². The first kappa shape index (κ1) is 14.0. The van der Waals surface area contributed by atoms with Gasteiger partial charge in [0.05, 0.1) is 5.54 Å². The number of hydrogen-bond acceptors (Lipinski definition) is 3. The van der Waals surface area contributed by atoms with Gasteiger partial charge in [0.1, 0.15) is 0 Å². The predicted octanol–water partition coefficient (Wildman–Crippen LogP) is 1.81. The summed E-state index contributed by atoms with van der Waals surface area (Å²) in [5.74, 6) is 0.245. The Hall–Kier alpha value is -1.39. The topological polar surface area (TPSA) is 58.4 Å². The highest BCUT2D eigenvalue weighted by Crippen LogP contribution is 2.38. The first-order valence-electron chi connectivity index (χ1n) is 6.74. The number of hydrogen-bond donors (Lipinski definition) is 2. The van der Waals surface area contributed by atoms with Gasteiger partial charge < -0.3 is 16.0 Å². The van der Waals surface area contributed by atoms with Crippen molar-refractivity contribution < 1.29 is 4.79 Å². The Morgan fingerprint density at radius 2 is 2.05 bits per heavy atom. The molecule has 1 atom stereocenters. The van der Waals surface area contributed by atoms with Crippen molar-refractivity contribution in [3.8, 4) is 0 Å². The van der Waals surface area contributed by atoms with Crippen LogP contribution in [0.15, 0.2) is 24.3 Å². The Bertz CT molecular complexity index is 464. The lowest BCUT2D eigenvalue weighted by atomic mass is 9.96. The Kier molecular flexibility index (Phi) is 3.92. The number of carbonyl (C=O) groups excluding carboxylic acids is 1. The van der Waals surface area contributed by atoms with E-state index in [2.05, 4.69) is 10.2 Å². The Labute approximate surface area is 115 Å². The number of nitrogens with zero attached hydrogens (tertiary/aromatic N) is 1. The molecule has 1 fully saturated rings. The van der Waals surface area contributed by atoms with E-state index in [1.807, 2.05) is 45.3 Å². The summed E-state index contributed by atoms with van der Waals surface area (Å²) in [5.41, 5.74) is 7.35. The maximum absolute atomic E-state index is 12.3. The zero-order chi connectivity index (χ0) is 14.0. The van der Waals surface area contributed by atoms with E-state index >= 15 is 0 Å². The molecule has 1 saturated carbocycles. The van der Waals surface area contributed by atoms with E-state index in [1.165, 1.54) is 0 Å². The lowest BCUT2D eigenvalue weighted by Gasteiger charge is -2.24. The van der Waals surface area contributed by atoms with Crippen LogP contribution >= 0.6 is 0 Å². The SMILES string of the molecule is CN(C)Cc1ccccc1NC(=O)C(C)(N)C1CC1. The van der Waals surface area contributed by atoms with E-state index in [-0.39, 0.29) is 5.91 Å². The van der Waals surface area contributed by atoms with Crippen molar-refractivity contribution in [2.24, 2.45) is 11.7 Å². The fourth-order valence-electron chi connectivity index (χ4n) is 2.25. The van der Waals surface area contributed by atoms with E-state index in [4.69, 9.17) is 5.73 Å². The molecule has 1 unspecified atom stereocenters. The molecule has 2 rings (SSSR count). The molecule has 1 aromatic rings. The zero-order valence-electron chi connectivity index (χ0n) is 11.9. The minimum atomic E-state index is -0.759. The van der Waals surface area contributed by atoms with Crippen molar-refractivity contribution in [3.63, 3.8) is 0 Å². The normalized spacial score (nSPS) is 18.2. The zero-order valence-corrected chi connectivity index (χ0v) is 11.9. The molecule has 104 valence electrons. The van der Waals surface area contributed by atoms with Crippen LogP contribution < -0.4 is 11.1 Å². The second-order valence-corrected chi connectivity index (χ2v) is 5.91. The molecule has 0 heterocycles. The second-order valence-electron chi connectivity index (χ2n) is 5.91. The van der Waals surface area contributed by atoms with Crippen LogP contribution in [0.3, 0.4) is 0 Å². The van der Waals surface area contributed by atoms with E-state index in [0.29, 0.717) is 5.92 Å². The van der Waals surface area contributed by atoms with Crippen LogP contribution in [0.1, 0.15) is 25.3 Å². The molecule has 0 bridgehead atoms. The summed E-state index contributed by atoms with van der Waals surface area (Å²) in [7, 11) is 4.02. The van der Waals surface area contributed by atoms with Gasteiger partial charge in [0.2, 0.25) is 5.91 Å². The molecule has 4 nitrogen and oxygen atoms in total. The molecule has 1 aliphatic rings. The third-order valence-electron chi connectivity index (χ3n) is 3.67. The summed E-state index contributed by atoms with van der Waals surface area (Å²) in [6.45, 7) is 2.62. The average molecular weight is 261 g/mol. The van der Waals surface area contributed by atoms with E-state index in [0.717, 1.165) is 30.6 Å². The molecule has 3 N–H and O–H groups in total. The van der Waals surface area contributed by atoms with Gasteiger partial charge in [-0.1, -0.05) is 18.2 Å². The molecule has 0 aromatic heterocycles. The van der Waals surface area contributed by atoms with Crippen molar-refractivity contribution in [2.45, 2.75) is 31.8 Å². The van der Waals surface area contributed by atoms with Crippen molar-refractivity contribution in [3.05, 3.63) is 29.8 Å². The maximum atomic E-state index is 12.3. The molecule has 1 aliphatic carbocycles. The second kappa shape index (κ2) is 5.31. The molecule has 19 heavy (non-hydrogen) atoms. The van der Waals surface area contributed by atoms with Crippen LogP contribution in [0.5, 0.6) is 0 Å². The Morgan fingerprint density at radius 1 is 1.42 bits per heavy atom. The minimum absolute atomic E-state index is 0.0822. The van der Waals surface area contributed by atoms with Gasteiger partial charge in [-0.05, 0) is 51.4 Å². The molecule has 0 spiro atoms. The van der Waals surface area contributed by atoms with E-state index < -0.39 is 5.54 Å². The molecular weight excluding hydrogens is 238 g/mol. The summed E-state index contributed by atoms with van der Waals surface area (Å²) in [6.07, 6.45) is 2.11. The highest BCUT2D eigenvalue weighted by atomic mass is 16.2. The fourth-order valence-corrected chi connectivity index (χ4v) is 2.25. The van der Waals surface area contributed by atoms with Crippen LogP contribution in [0.25, 0.3) is 0 Å². The van der Waals surface area contributed by atoms with Crippen LogP contribution in [0, 0.1) is 5.92 Å². The summed E-state index contributed by atoms with van der Waals surface area (Å²) in [6, 6.07) is 7.87. The molecule has 1 amide bonds. The largest absolute Gasteiger partial charge is 0.324 e. The summed E-state index contributed by atoms with van der Waals surface area (Å²) < 4.78 is 0. The first-order chi connectivity index (χ1) is 8.91. The van der Waals surface area contributed by atoms with Gasteiger partial charge in [-0.2, -0.15) is 0 Å². The van der Waals surface area contributed by atoms with Gasteiger partial charge in [-0.25, -0.2) is 0 Å². The number of nitrogens with two attached hydrogens (primary N) is 1. The number of carbonyl (C=O) groups is 1. The quantitative estimate of drug-likeness (QED) is 0.850.